The molecular weight excluding hydrogens is 230 g/mol. The van der Waals surface area contributed by atoms with Crippen molar-refractivity contribution < 1.29 is 4.79 Å². The third-order valence-corrected chi connectivity index (χ3v) is 3.05. The van der Waals surface area contributed by atoms with Crippen LogP contribution in [0.15, 0.2) is 12.3 Å². The Balaban J connectivity index is 1.84. The van der Waals surface area contributed by atoms with Crippen LogP contribution in [0, 0.1) is 6.92 Å². The van der Waals surface area contributed by atoms with Gasteiger partial charge in [0.05, 0.1) is 11.6 Å². The van der Waals surface area contributed by atoms with Crippen LogP contribution in [-0.4, -0.2) is 40.0 Å². The van der Waals surface area contributed by atoms with E-state index >= 15 is 0 Å². The number of aromatic nitrogens is 3. The minimum atomic E-state index is -0.208. The molecule has 3 heterocycles. The molecule has 0 saturated carbocycles. The zero-order chi connectivity index (χ0) is 12.5. The van der Waals surface area contributed by atoms with Crippen molar-refractivity contribution in [2.24, 2.45) is 0 Å². The first-order chi connectivity index (χ1) is 8.72. The predicted molar refractivity (Wildman–Crippen MR) is 67.1 cm³/mol. The summed E-state index contributed by atoms with van der Waals surface area (Å²) in [5, 5.41) is 6.02. The Morgan fingerprint density at radius 3 is 3.17 bits per heavy atom. The molecule has 1 atom stereocenters. The van der Waals surface area contributed by atoms with Gasteiger partial charge in [0.25, 0.3) is 0 Å². The van der Waals surface area contributed by atoms with Crippen LogP contribution >= 0.6 is 0 Å². The molecule has 0 radical (unpaired) electrons. The summed E-state index contributed by atoms with van der Waals surface area (Å²) in [5.74, 6) is 0.823. The lowest BCUT2D eigenvalue weighted by Crippen LogP contribution is -2.53. The van der Waals surface area contributed by atoms with Gasteiger partial charge in [0, 0.05) is 25.7 Å². The number of carbonyl (C=O) groups excluding carboxylic acids is 1. The fraction of sp³-hybridized carbons (Fsp3) is 0.417. The van der Waals surface area contributed by atoms with Crippen LogP contribution in [0.4, 0.5) is 0 Å². The van der Waals surface area contributed by atoms with Crippen molar-refractivity contribution in [2.45, 2.75) is 19.4 Å². The van der Waals surface area contributed by atoms with Gasteiger partial charge in [0.1, 0.15) is 5.82 Å². The highest BCUT2D eigenvalue weighted by atomic mass is 16.2. The highest BCUT2D eigenvalue weighted by Crippen LogP contribution is 2.11. The number of aryl methyl sites for hydroxylation is 1. The first-order valence-electron chi connectivity index (χ1n) is 6.05. The standard InChI is InChI=1S/C12H15N5O/c1-7-4-8-11(15-6-7)17-10(16-8)5-9-12(18)14-3-2-13-9/h4,6,9,13H,2-3,5H2,1H3,(H,14,18)(H,15,16,17). The second-order valence-electron chi connectivity index (χ2n) is 4.57. The maximum Gasteiger partial charge on any atom is 0.237 e. The lowest BCUT2D eigenvalue weighted by atomic mass is 10.1. The van der Waals surface area contributed by atoms with Crippen molar-refractivity contribution in [1.29, 1.82) is 0 Å². The summed E-state index contributed by atoms with van der Waals surface area (Å²) >= 11 is 0. The van der Waals surface area contributed by atoms with E-state index < -0.39 is 0 Å². The molecule has 1 aliphatic rings. The number of pyridine rings is 1. The minimum absolute atomic E-state index is 0.0332. The fourth-order valence-electron chi connectivity index (χ4n) is 2.16. The molecule has 1 fully saturated rings. The van der Waals surface area contributed by atoms with Crippen molar-refractivity contribution >= 4 is 17.1 Å². The van der Waals surface area contributed by atoms with Gasteiger partial charge in [0.2, 0.25) is 5.91 Å². The second-order valence-corrected chi connectivity index (χ2v) is 4.57. The lowest BCUT2D eigenvalue weighted by molar-refractivity contribution is -0.124. The number of fused-ring (bicyclic) bond motifs is 1. The van der Waals surface area contributed by atoms with E-state index in [1.165, 1.54) is 0 Å². The van der Waals surface area contributed by atoms with Crippen molar-refractivity contribution in [3.05, 3.63) is 23.7 Å². The Morgan fingerprint density at radius 2 is 2.33 bits per heavy atom. The molecule has 1 saturated heterocycles. The molecule has 2 aromatic heterocycles. The Hall–Kier alpha value is -1.95. The van der Waals surface area contributed by atoms with E-state index in [-0.39, 0.29) is 11.9 Å². The summed E-state index contributed by atoms with van der Waals surface area (Å²) in [7, 11) is 0. The highest BCUT2D eigenvalue weighted by molar-refractivity contribution is 5.82. The van der Waals surface area contributed by atoms with Crippen molar-refractivity contribution in [3.8, 4) is 0 Å². The van der Waals surface area contributed by atoms with Crippen LogP contribution in [0.3, 0.4) is 0 Å². The normalized spacial score (nSPS) is 20.1. The monoisotopic (exact) mass is 245 g/mol. The van der Waals surface area contributed by atoms with Gasteiger partial charge >= 0.3 is 0 Å². The molecule has 94 valence electrons. The van der Waals surface area contributed by atoms with E-state index in [0.717, 1.165) is 23.4 Å². The third-order valence-electron chi connectivity index (χ3n) is 3.05. The van der Waals surface area contributed by atoms with Gasteiger partial charge in [-0.15, -0.1) is 0 Å². The van der Waals surface area contributed by atoms with Gasteiger partial charge < -0.3 is 15.6 Å². The van der Waals surface area contributed by atoms with E-state index in [4.69, 9.17) is 0 Å². The highest BCUT2D eigenvalue weighted by Gasteiger charge is 2.22. The van der Waals surface area contributed by atoms with Crippen LogP contribution < -0.4 is 10.6 Å². The van der Waals surface area contributed by atoms with Gasteiger partial charge in [-0.25, -0.2) is 9.97 Å². The summed E-state index contributed by atoms with van der Waals surface area (Å²) in [6, 6.07) is 1.80. The van der Waals surface area contributed by atoms with Crippen LogP contribution in [-0.2, 0) is 11.2 Å². The number of imidazole rings is 1. The van der Waals surface area contributed by atoms with Gasteiger partial charge in [-0.2, -0.15) is 0 Å². The Labute approximate surface area is 104 Å². The molecule has 3 N–H and O–H groups in total. The summed E-state index contributed by atoms with van der Waals surface area (Å²) in [5.41, 5.74) is 2.71. The molecule has 0 spiro atoms. The molecule has 0 bridgehead atoms. The fourth-order valence-corrected chi connectivity index (χ4v) is 2.16. The molecule has 1 unspecified atom stereocenters. The number of carbonyl (C=O) groups is 1. The number of nitrogens with one attached hydrogen (secondary N) is 3. The van der Waals surface area contributed by atoms with Gasteiger partial charge in [-0.3, -0.25) is 4.79 Å². The van der Waals surface area contributed by atoms with Crippen molar-refractivity contribution in [2.75, 3.05) is 13.1 Å². The van der Waals surface area contributed by atoms with Crippen molar-refractivity contribution in [1.82, 2.24) is 25.6 Å². The molecule has 1 amide bonds. The van der Waals surface area contributed by atoms with E-state index in [2.05, 4.69) is 25.6 Å². The van der Waals surface area contributed by atoms with Gasteiger partial charge in [0.15, 0.2) is 5.65 Å². The molecule has 3 rings (SSSR count). The zero-order valence-electron chi connectivity index (χ0n) is 10.2. The van der Waals surface area contributed by atoms with Crippen LogP contribution in [0.2, 0.25) is 0 Å². The predicted octanol–water partition coefficient (Wildman–Crippen LogP) is -0.103. The molecule has 6 heteroatoms. The third kappa shape index (κ3) is 2.06. The summed E-state index contributed by atoms with van der Waals surface area (Å²) in [4.78, 5) is 23.5. The van der Waals surface area contributed by atoms with E-state index in [9.17, 15) is 4.79 Å². The number of nitrogens with zero attached hydrogens (tertiary/aromatic N) is 2. The summed E-state index contributed by atoms with van der Waals surface area (Å²) in [6.45, 7) is 3.48. The Bertz CT molecular complexity index is 591. The van der Waals surface area contributed by atoms with E-state index in [0.29, 0.717) is 18.6 Å². The molecule has 0 aliphatic carbocycles. The molecule has 1 aliphatic heterocycles. The number of amides is 1. The smallest absolute Gasteiger partial charge is 0.237 e. The summed E-state index contributed by atoms with van der Waals surface area (Å²) < 4.78 is 0. The van der Waals surface area contributed by atoms with E-state index in [1.807, 2.05) is 13.0 Å². The van der Waals surface area contributed by atoms with Crippen LogP contribution in [0.5, 0.6) is 0 Å². The largest absolute Gasteiger partial charge is 0.353 e. The number of hydrogen-bond donors (Lipinski definition) is 3. The molecule has 6 nitrogen and oxygen atoms in total. The maximum absolute atomic E-state index is 11.6. The maximum atomic E-state index is 11.6. The SMILES string of the molecule is Cc1cnc2nc(CC3NCCNC3=O)[nH]c2c1. The first-order valence-corrected chi connectivity index (χ1v) is 6.05. The second kappa shape index (κ2) is 4.38. The zero-order valence-corrected chi connectivity index (χ0v) is 10.2. The number of piperazine rings is 1. The molecule has 18 heavy (non-hydrogen) atoms. The lowest BCUT2D eigenvalue weighted by Gasteiger charge is -2.22. The Kier molecular flexibility index (Phi) is 2.71. The van der Waals surface area contributed by atoms with Gasteiger partial charge in [-0.1, -0.05) is 0 Å². The molecule has 2 aromatic rings. The number of H-pyrrole nitrogens is 1. The topological polar surface area (TPSA) is 82.7 Å². The summed E-state index contributed by atoms with van der Waals surface area (Å²) in [6.07, 6.45) is 2.35. The van der Waals surface area contributed by atoms with Crippen molar-refractivity contribution in [3.63, 3.8) is 0 Å². The van der Waals surface area contributed by atoms with Crippen LogP contribution in [0.1, 0.15) is 11.4 Å². The Morgan fingerprint density at radius 1 is 1.44 bits per heavy atom. The first kappa shape index (κ1) is 11.2. The molecule has 0 aromatic carbocycles. The average Bonchev–Trinajstić information content (AvgIpc) is 2.73. The minimum Gasteiger partial charge on any atom is -0.353 e. The quantitative estimate of drug-likeness (QED) is 0.690. The van der Waals surface area contributed by atoms with Gasteiger partial charge in [-0.05, 0) is 18.6 Å². The average molecular weight is 245 g/mol. The molecular formula is C12H15N5O. The van der Waals surface area contributed by atoms with Crippen LogP contribution in [0.25, 0.3) is 11.2 Å². The van der Waals surface area contributed by atoms with E-state index in [1.54, 1.807) is 6.20 Å². The number of rotatable bonds is 2. The number of hydrogen-bond acceptors (Lipinski definition) is 4. The number of aromatic amines is 1.